The fraction of sp³-hybridized carbons (Fsp3) is 0.500. The smallest absolute Gasteiger partial charge is 0.382 e. The molecule has 0 N–H and O–H groups in total. The Bertz CT molecular complexity index is 290. The topological polar surface area (TPSA) is 9.23 Å². The van der Waals surface area contributed by atoms with E-state index in [1.807, 2.05) is 30.3 Å². The Hall–Kier alpha value is 0.697. The maximum absolute atomic E-state index is 6.09. The molecule has 90 valence electrons. The van der Waals surface area contributed by atoms with Gasteiger partial charge in [-0.1, -0.05) is 94.4 Å². The van der Waals surface area contributed by atoms with Crippen molar-refractivity contribution in [3.63, 3.8) is 0 Å². The molecule has 0 unspecified atom stereocenters. The number of unbranched alkanes of at least 4 members (excludes halogenated alkanes) is 3. The van der Waals surface area contributed by atoms with Crippen molar-refractivity contribution in [3.05, 3.63) is 30.3 Å². The van der Waals surface area contributed by atoms with E-state index in [1.165, 1.54) is 31.7 Å². The van der Waals surface area contributed by atoms with Crippen LogP contribution in [0, 0.1) is 0 Å². The first kappa shape index (κ1) is 14.8. The number of hydrogen-bond donors (Lipinski definition) is 0. The third-order valence-corrected chi connectivity index (χ3v) is 8.36. The zero-order valence-corrected chi connectivity index (χ0v) is 14.9. The molecular formula is C12H18I2OSi. The number of para-hydroxylation sites is 1. The van der Waals surface area contributed by atoms with Crippen molar-refractivity contribution in [2.45, 2.75) is 38.7 Å². The monoisotopic (exact) mass is 460 g/mol. The van der Waals surface area contributed by atoms with Gasteiger partial charge < -0.3 is 4.43 Å². The van der Waals surface area contributed by atoms with Gasteiger partial charge in [-0.05, 0) is 18.2 Å². The van der Waals surface area contributed by atoms with Crippen molar-refractivity contribution in [2.24, 2.45) is 0 Å². The Labute approximate surface area is 125 Å². The van der Waals surface area contributed by atoms with Gasteiger partial charge in [-0.3, -0.25) is 0 Å². The molecule has 1 aromatic carbocycles. The Morgan fingerprint density at radius 3 is 2.38 bits per heavy atom. The minimum absolute atomic E-state index is 1.02. The summed E-state index contributed by atoms with van der Waals surface area (Å²) in [7, 11) is 0. The average Bonchev–Trinajstić information content (AvgIpc) is 2.25. The molecule has 0 radical (unpaired) electrons. The second kappa shape index (κ2) is 7.92. The average molecular weight is 460 g/mol. The molecule has 0 aromatic heterocycles. The van der Waals surface area contributed by atoms with Crippen LogP contribution in [0.2, 0.25) is 6.04 Å². The summed E-state index contributed by atoms with van der Waals surface area (Å²) < 4.78 is 4.54. The van der Waals surface area contributed by atoms with Gasteiger partial charge in [0.1, 0.15) is 5.75 Å². The lowest BCUT2D eigenvalue weighted by Gasteiger charge is -2.19. The van der Waals surface area contributed by atoms with E-state index < -0.39 is 3.31 Å². The maximum Gasteiger partial charge on any atom is 0.382 e. The molecule has 0 atom stereocenters. The summed E-state index contributed by atoms with van der Waals surface area (Å²) in [4.78, 5) is 0. The van der Waals surface area contributed by atoms with Gasteiger partial charge in [0.25, 0.3) is 0 Å². The van der Waals surface area contributed by atoms with Crippen molar-refractivity contribution in [1.82, 2.24) is 0 Å². The van der Waals surface area contributed by atoms with E-state index in [2.05, 4.69) is 50.5 Å². The fourth-order valence-corrected chi connectivity index (χ4v) is 6.53. The van der Waals surface area contributed by atoms with E-state index in [0.717, 1.165) is 5.75 Å². The third-order valence-electron chi connectivity index (χ3n) is 2.33. The highest BCUT2D eigenvalue weighted by Gasteiger charge is 2.29. The van der Waals surface area contributed by atoms with E-state index in [4.69, 9.17) is 4.43 Å². The van der Waals surface area contributed by atoms with E-state index in [1.54, 1.807) is 0 Å². The molecule has 0 aliphatic heterocycles. The number of benzene rings is 1. The second-order valence-corrected chi connectivity index (χ2v) is 22.5. The quantitative estimate of drug-likeness (QED) is 0.228. The zero-order chi connectivity index (χ0) is 11.9. The summed E-state index contributed by atoms with van der Waals surface area (Å²) in [6.07, 6.45) is 5.30. The van der Waals surface area contributed by atoms with E-state index in [9.17, 15) is 0 Å². The molecule has 0 fully saturated rings. The lowest BCUT2D eigenvalue weighted by atomic mass is 10.2. The van der Waals surface area contributed by atoms with Gasteiger partial charge in [-0.25, -0.2) is 0 Å². The second-order valence-electron chi connectivity index (χ2n) is 3.86. The predicted octanol–water partition coefficient (Wildman–Crippen LogP) is 5.45. The van der Waals surface area contributed by atoms with E-state index in [-0.39, 0.29) is 0 Å². The molecule has 16 heavy (non-hydrogen) atoms. The normalized spacial score (nSPS) is 11.4. The molecule has 0 aliphatic carbocycles. The van der Waals surface area contributed by atoms with Gasteiger partial charge in [-0.2, -0.15) is 0 Å². The van der Waals surface area contributed by atoms with Gasteiger partial charge in [-0.15, -0.1) is 0 Å². The molecule has 0 amide bonds. The summed E-state index contributed by atoms with van der Waals surface area (Å²) >= 11 is 5.07. The molecule has 0 spiro atoms. The van der Waals surface area contributed by atoms with Crippen LogP contribution < -0.4 is 4.43 Å². The molecule has 0 saturated heterocycles. The first-order valence-corrected chi connectivity index (χ1v) is 14.1. The van der Waals surface area contributed by atoms with Crippen LogP contribution in [-0.4, -0.2) is 3.31 Å². The van der Waals surface area contributed by atoms with E-state index >= 15 is 0 Å². The molecule has 1 rings (SSSR count). The Kier molecular flexibility index (Phi) is 7.30. The van der Waals surface area contributed by atoms with Crippen molar-refractivity contribution in [3.8, 4) is 5.75 Å². The van der Waals surface area contributed by atoms with E-state index in [0.29, 0.717) is 0 Å². The molecule has 1 nitrogen and oxygen atoms in total. The number of rotatable bonds is 7. The van der Waals surface area contributed by atoms with Crippen LogP contribution in [0.15, 0.2) is 30.3 Å². The minimum Gasteiger partial charge on any atom is -0.525 e. The molecule has 0 saturated carbocycles. The summed E-state index contributed by atoms with van der Waals surface area (Å²) in [6, 6.07) is 11.4. The van der Waals surface area contributed by atoms with Crippen LogP contribution in [0.3, 0.4) is 0 Å². The Balaban J connectivity index is 2.33. The van der Waals surface area contributed by atoms with Crippen molar-refractivity contribution >= 4 is 46.9 Å². The summed E-state index contributed by atoms with van der Waals surface area (Å²) in [5.41, 5.74) is 0. The maximum atomic E-state index is 6.09. The molecule has 4 heteroatoms. The standard InChI is InChI=1S/C12H18I2OSi/c1-2-3-4-8-11-16(13,14)15-12-9-6-5-7-10-12/h5-7,9-10H,2-4,8,11H2,1H3. The van der Waals surface area contributed by atoms with Gasteiger partial charge >= 0.3 is 3.31 Å². The number of halogens is 2. The predicted molar refractivity (Wildman–Crippen MR) is 89.8 cm³/mol. The van der Waals surface area contributed by atoms with Gasteiger partial charge in [0.15, 0.2) is 0 Å². The lowest BCUT2D eigenvalue weighted by molar-refractivity contribution is 0.577. The molecule has 0 heterocycles. The van der Waals surface area contributed by atoms with Gasteiger partial charge in [0, 0.05) is 0 Å². The van der Waals surface area contributed by atoms with Crippen molar-refractivity contribution < 1.29 is 4.43 Å². The van der Waals surface area contributed by atoms with Crippen molar-refractivity contribution in [1.29, 1.82) is 0 Å². The van der Waals surface area contributed by atoms with Crippen LogP contribution in [0.1, 0.15) is 32.6 Å². The molecule has 0 bridgehead atoms. The molecular weight excluding hydrogens is 442 g/mol. The SMILES string of the molecule is CCCCCC[Si](I)(I)Oc1ccccc1. The summed E-state index contributed by atoms with van der Waals surface area (Å²) in [5, 5.41) is 0. The van der Waals surface area contributed by atoms with Gasteiger partial charge in [0.2, 0.25) is 0 Å². The van der Waals surface area contributed by atoms with Crippen LogP contribution >= 0.6 is 43.6 Å². The zero-order valence-electron chi connectivity index (χ0n) is 9.59. The number of hydrogen-bond acceptors (Lipinski definition) is 1. The highest BCUT2D eigenvalue weighted by molar-refractivity contribution is 14.3. The Morgan fingerprint density at radius 1 is 1.06 bits per heavy atom. The Morgan fingerprint density at radius 2 is 1.75 bits per heavy atom. The highest BCUT2D eigenvalue weighted by atomic mass is 127. The van der Waals surface area contributed by atoms with Gasteiger partial charge in [0.05, 0.1) is 0 Å². The van der Waals surface area contributed by atoms with Crippen LogP contribution in [-0.2, 0) is 0 Å². The largest absolute Gasteiger partial charge is 0.525 e. The molecule has 1 aromatic rings. The lowest BCUT2D eigenvalue weighted by Crippen LogP contribution is -2.26. The van der Waals surface area contributed by atoms with Crippen LogP contribution in [0.5, 0.6) is 5.75 Å². The fourth-order valence-electron chi connectivity index (χ4n) is 1.47. The highest BCUT2D eigenvalue weighted by Crippen LogP contribution is 2.32. The van der Waals surface area contributed by atoms with Crippen LogP contribution in [0.4, 0.5) is 0 Å². The summed E-state index contributed by atoms with van der Waals surface area (Å²) in [6.45, 7) is 2.25. The first-order chi connectivity index (χ1) is 7.64. The summed E-state index contributed by atoms with van der Waals surface area (Å²) in [5.74, 6) is 1.02. The first-order valence-electron chi connectivity index (χ1n) is 5.76. The third kappa shape index (κ3) is 6.44. The molecule has 0 aliphatic rings. The van der Waals surface area contributed by atoms with Crippen molar-refractivity contribution in [2.75, 3.05) is 0 Å². The van der Waals surface area contributed by atoms with Crippen LogP contribution in [0.25, 0.3) is 0 Å². The minimum atomic E-state index is -1.55.